The van der Waals surface area contributed by atoms with Gasteiger partial charge in [-0.2, -0.15) is 0 Å². The molecule has 3 nitrogen and oxygen atoms in total. The number of nitrogens with zero attached hydrogens (tertiary/aromatic N) is 2. The van der Waals surface area contributed by atoms with Gasteiger partial charge in [-0.05, 0) is 12.8 Å². The Kier molecular flexibility index (Phi) is 3.53. The van der Waals surface area contributed by atoms with Gasteiger partial charge in [0.25, 0.3) is 0 Å². The molecule has 1 aliphatic carbocycles. The minimum Gasteiger partial charge on any atom is -0.391 e. The van der Waals surface area contributed by atoms with E-state index in [1.165, 1.54) is 6.42 Å². The Labute approximate surface area is 74.1 Å². The molecule has 1 saturated carbocycles. The number of aliphatic imine (C=N–C) groups is 1. The van der Waals surface area contributed by atoms with Crippen LogP contribution in [0.5, 0.6) is 0 Å². The second-order valence-electron chi connectivity index (χ2n) is 3.65. The first-order chi connectivity index (χ1) is 5.70. The fraction of sp³-hybridized carbons (Fsp3) is 0.889. The van der Waals surface area contributed by atoms with Crippen LogP contribution < -0.4 is 0 Å². The fourth-order valence-electron chi connectivity index (χ4n) is 1.48. The minimum atomic E-state index is -0.213. The van der Waals surface area contributed by atoms with Crippen LogP contribution in [0.2, 0.25) is 0 Å². The van der Waals surface area contributed by atoms with Crippen molar-refractivity contribution in [3.63, 3.8) is 0 Å². The van der Waals surface area contributed by atoms with Crippen LogP contribution >= 0.6 is 0 Å². The molecule has 0 amide bonds. The molecule has 1 N–H and O–H groups in total. The minimum absolute atomic E-state index is 0.140. The first-order valence-electron chi connectivity index (χ1n) is 4.58. The van der Waals surface area contributed by atoms with E-state index < -0.39 is 0 Å². The predicted octanol–water partition coefficient (Wildman–Crippen LogP) is 0.880. The molecule has 0 aromatic heterocycles. The Morgan fingerprint density at radius 3 is 2.58 bits per heavy atom. The Bertz CT molecular complexity index is 157. The summed E-state index contributed by atoms with van der Waals surface area (Å²) in [6, 6.07) is 0.140. The lowest BCUT2D eigenvalue weighted by Crippen LogP contribution is -2.28. The quantitative estimate of drug-likeness (QED) is 0.493. The first kappa shape index (κ1) is 9.52. The fourth-order valence-corrected chi connectivity index (χ4v) is 1.48. The van der Waals surface area contributed by atoms with Crippen molar-refractivity contribution in [2.45, 2.75) is 37.8 Å². The molecule has 0 unspecified atom stereocenters. The molecule has 0 bridgehead atoms. The molecule has 70 valence electrons. The van der Waals surface area contributed by atoms with Gasteiger partial charge < -0.3 is 10.0 Å². The van der Waals surface area contributed by atoms with Crippen LogP contribution in [0.15, 0.2) is 4.99 Å². The first-order valence-corrected chi connectivity index (χ1v) is 4.58. The third kappa shape index (κ3) is 2.81. The monoisotopic (exact) mass is 170 g/mol. The molecule has 0 spiro atoms. The second-order valence-corrected chi connectivity index (χ2v) is 3.65. The second kappa shape index (κ2) is 4.45. The number of hydrogen-bond acceptors (Lipinski definition) is 2. The molecular weight excluding hydrogens is 152 g/mol. The van der Waals surface area contributed by atoms with Gasteiger partial charge in [-0.1, -0.05) is 12.8 Å². The molecule has 1 fully saturated rings. The zero-order valence-corrected chi connectivity index (χ0v) is 7.90. The van der Waals surface area contributed by atoms with Crippen molar-refractivity contribution in [1.82, 2.24) is 4.90 Å². The van der Waals surface area contributed by atoms with Gasteiger partial charge in [0.1, 0.15) is 0 Å². The highest BCUT2D eigenvalue weighted by molar-refractivity contribution is 5.54. The number of rotatable bonds is 2. The van der Waals surface area contributed by atoms with Gasteiger partial charge >= 0.3 is 0 Å². The summed E-state index contributed by atoms with van der Waals surface area (Å²) >= 11 is 0. The van der Waals surface area contributed by atoms with E-state index in [4.69, 9.17) is 0 Å². The molecule has 12 heavy (non-hydrogen) atoms. The lowest BCUT2D eigenvalue weighted by Gasteiger charge is -2.24. The predicted molar refractivity (Wildman–Crippen MR) is 50.4 cm³/mol. The van der Waals surface area contributed by atoms with Gasteiger partial charge in [0.15, 0.2) is 0 Å². The van der Waals surface area contributed by atoms with Gasteiger partial charge in [-0.25, -0.2) is 0 Å². The normalized spacial score (nSPS) is 30.9. The van der Waals surface area contributed by atoms with Crippen molar-refractivity contribution in [3.05, 3.63) is 0 Å². The van der Waals surface area contributed by atoms with Crippen molar-refractivity contribution in [2.75, 3.05) is 14.1 Å². The van der Waals surface area contributed by atoms with Gasteiger partial charge in [0.2, 0.25) is 0 Å². The maximum Gasteiger partial charge on any atom is 0.0849 e. The number of hydrogen-bond donors (Lipinski definition) is 1. The molecule has 0 aromatic carbocycles. The summed E-state index contributed by atoms with van der Waals surface area (Å²) in [4.78, 5) is 6.22. The molecule has 0 heterocycles. The van der Waals surface area contributed by atoms with E-state index in [9.17, 15) is 5.11 Å². The summed E-state index contributed by atoms with van der Waals surface area (Å²) in [7, 11) is 3.89. The molecule has 0 radical (unpaired) electrons. The number of aliphatic hydroxyl groups is 1. The van der Waals surface area contributed by atoms with E-state index in [-0.39, 0.29) is 12.1 Å². The van der Waals surface area contributed by atoms with E-state index in [0.717, 1.165) is 19.3 Å². The lowest BCUT2D eigenvalue weighted by atomic mass is 9.93. The molecule has 1 aliphatic rings. The summed E-state index contributed by atoms with van der Waals surface area (Å²) in [5.41, 5.74) is 0. The van der Waals surface area contributed by atoms with Gasteiger partial charge in [0, 0.05) is 14.1 Å². The lowest BCUT2D eigenvalue weighted by molar-refractivity contribution is 0.109. The molecule has 0 aromatic rings. The smallest absolute Gasteiger partial charge is 0.0849 e. The third-order valence-corrected chi connectivity index (χ3v) is 2.18. The summed E-state index contributed by atoms with van der Waals surface area (Å²) in [6.45, 7) is 0. The number of aliphatic hydroxyl groups excluding tert-OH is 1. The summed E-state index contributed by atoms with van der Waals surface area (Å²) in [5, 5.41) is 9.55. The molecule has 2 atom stereocenters. The Morgan fingerprint density at radius 2 is 2.00 bits per heavy atom. The van der Waals surface area contributed by atoms with E-state index in [2.05, 4.69) is 4.99 Å². The van der Waals surface area contributed by atoms with Crippen LogP contribution in [0.1, 0.15) is 25.7 Å². The Balaban J connectivity index is 2.38. The van der Waals surface area contributed by atoms with Crippen LogP contribution in [0.3, 0.4) is 0 Å². The van der Waals surface area contributed by atoms with Crippen LogP contribution in [0.25, 0.3) is 0 Å². The molecular formula is C9H18N2O. The van der Waals surface area contributed by atoms with Crippen LogP contribution in [-0.2, 0) is 0 Å². The highest BCUT2D eigenvalue weighted by atomic mass is 16.3. The van der Waals surface area contributed by atoms with E-state index in [0.29, 0.717) is 0 Å². The molecule has 0 saturated heterocycles. The average Bonchev–Trinajstić information content (AvgIpc) is 2.03. The highest BCUT2D eigenvalue weighted by Gasteiger charge is 2.21. The van der Waals surface area contributed by atoms with Crippen molar-refractivity contribution in [3.8, 4) is 0 Å². The van der Waals surface area contributed by atoms with Gasteiger partial charge in [-0.15, -0.1) is 0 Å². The molecule has 3 heteroatoms. The molecule has 1 rings (SSSR count). The standard InChI is InChI=1S/C9H18N2O/c1-11(2)7-10-8-5-3-4-6-9(8)12/h7-9,12H,3-6H2,1-2H3/t8-,9-/m0/s1. The van der Waals surface area contributed by atoms with Crippen molar-refractivity contribution in [1.29, 1.82) is 0 Å². The van der Waals surface area contributed by atoms with Gasteiger partial charge in [-0.3, -0.25) is 4.99 Å². The Morgan fingerprint density at radius 1 is 1.33 bits per heavy atom. The SMILES string of the molecule is CN(C)C=N[C@H]1CCCC[C@@H]1O. The van der Waals surface area contributed by atoms with E-state index >= 15 is 0 Å². The van der Waals surface area contributed by atoms with E-state index in [1.807, 2.05) is 19.0 Å². The topological polar surface area (TPSA) is 35.8 Å². The summed E-state index contributed by atoms with van der Waals surface area (Å²) in [5.74, 6) is 0. The zero-order chi connectivity index (χ0) is 8.97. The van der Waals surface area contributed by atoms with E-state index in [1.54, 1.807) is 6.34 Å². The van der Waals surface area contributed by atoms with Crippen LogP contribution in [0.4, 0.5) is 0 Å². The van der Waals surface area contributed by atoms with Crippen LogP contribution in [0, 0.1) is 0 Å². The highest BCUT2D eigenvalue weighted by Crippen LogP contribution is 2.20. The third-order valence-electron chi connectivity index (χ3n) is 2.18. The Hall–Kier alpha value is -0.570. The average molecular weight is 170 g/mol. The van der Waals surface area contributed by atoms with Gasteiger partial charge in [0.05, 0.1) is 18.5 Å². The maximum atomic E-state index is 9.55. The molecule has 0 aliphatic heterocycles. The van der Waals surface area contributed by atoms with Crippen molar-refractivity contribution >= 4 is 6.34 Å². The largest absolute Gasteiger partial charge is 0.391 e. The summed E-state index contributed by atoms with van der Waals surface area (Å²) in [6.07, 6.45) is 5.87. The van der Waals surface area contributed by atoms with Crippen molar-refractivity contribution in [2.24, 2.45) is 4.99 Å². The van der Waals surface area contributed by atoms with Crippen LogP contribution in [-0.4, -0.2) is 42.6 Å². The maximum absolute atomic E-state index is 9.55. The summed E-state index contributed by atoms with van der Waals surface area (Å²) < 4.78 is 0. The van der Waals surface area contributed by atoms with Crippen molar-refractivity contribution < 1.29 is 5.11 Å². The zero-order valence-electron chi connectivity index (χ0n) is 7.90.